The van der Waals surface area contributed by atoms with E-state index in [-0.39, 0.29) is 12.4 Å². The number of hydrogen-bond acceptors (Lipinski definition) is 3. The Morgan fingerprint density at radius 3 is 2.89 bits per heavy atom. The average Bonchev–Trinajstić information content (AvgIpc) is 2.29. The zero-order valence-electron chi connectivity index (χ0n) is 10.5. The van der Waals surface area contributed by atoms with Gasteiger partial charge in [0.1, 0.15) is 12.4 Å². The fraction of sp³-hybridized carbons (Fsp3) is 0.462. The highest BCUT2D eigenvalue weighted by molar-refractivity contribution is 9.10. The molecule has 0 radical (unpaired) electrons. The van der Waals surface area contributed by atoms with Gasteiger partial charge >= 0.3 is 5.97 Å². The zero-order chi connectivity index (χ0) is 14.0. The van der Waals surface area contributed by atoms with Crippen molar-refractivity contribution in [2.75, 3.05) is 19.7 Å². The summed E-state index contributed by atoms with van der Waals surface area (Å²) >= 11 is 3.31. The first-order chi connectivity index (χ1) is 8.88. The second kappa shape index (κ2) is 5.56. The predicted octanol–water partition coefficient (Wildman–Crippen LogP) is 2.26. The molecular formula is C13H15BrFNO3. The van der Waals surface area contributed by atoms with Crippen LogP contribution in [0.5, 0.6) is 0 Å². The van der Waals surface area contributed by atoms with E-state index in [0.717, 1.165) is 4.47 Å². The molecule has 1 aromatic rings. The van der Waals surface area contributed by atoms with E-state index in [2.05, 4.69) is 15.9 Å². The summed E-state index contributed by atoms with van der Waals surface area (Å²) in [7, 11) is 0. The van der Waals surface area contributed by atoms with Crippen molar-refractivity contribution in [1.29, 1.82) is 0 Å². The van der Waals surface area contributed by atoms with E-state index in [1.165, 1.54) is 6.07 Å². The molecule has 0 atom stereocenters. The lowest BCUT2D eigenvalue weighted by Gasteiger charge is -2.47. The van der Waals surface area contributed by atoms with Crippen LogP contribution in [-0.2, 0) is 16.1 Å². The molecule has 1 aromatic carbocycles. The highest BCUT2D eigenvalue weighted by Gasteiger charge is 2.40. The van der Waals surface area contributed by atoms with Gasteiger partial charge in [-0.2, -0.15) is 0 Å². The Hall–Kier alpha value is -0.980. The summed E-state index contributed by atoms with van der Waals surface area (Å²) in [4.78, 5) is 12.5. The van der Waals surface area contributed by atoms with Gasteiger partial charge in [0, 0.05) is 29.7 Å². The smallest absolute Gasteiger partial charge is 0.329 e. The number of likely N-dealkylation sites (tertiary alicyclic amines) is 1. The number of aliphatic carboxylic acids is 1. The monoisotopic (exact) mass is 331 g/mol. The number of rotatable bonds is 5. The Balaban J connectivity index is 1.87. The molecule has 1 aliphatic heterocycles. The van der Waals surface area contributed by atoms with Crippen LogP contribution in [0.25, 0.3) is 0 Å². The first-order valence-electron chi connectivity index (χ1n) is 5.90. The minimum absolute atomic E-state index is 0.233. The Bertz CT molecular complexity index is 489. The van der Waals surface area contributed by atoms with Crippen molar-refractivity contribution < 1.29 is 19.0 Å². The van der Waals surface area contributed by atoms with E-state index in [9.17, 15) is 9.18 Å². The van der Waals surface area contributed by atoms with Gasteiger partial charge in [0.15, 0.2) is 0 Å². The fourth-order valence-corrected chi connectivity index (χ4v) is 2.65. The summed E-state index contributed by atoms with van der Waals surface area (Å²) in [6, 6.07) is 4.84. The van der Waals surface area contributed by atoms with Crippen LogP contribution in [0.4, 0.5) is 4.39 Å². The molecule has 1 aliphatic rings. The number of hydrogen-bond donors (Lipinski definition) is 1. The Morgan fingerprint density at radius 1 is 1.58 bits per heavy atom. The third kappa shape index (κ3) is 3.75. The van der Waals surface area contributed by atoms with Crippen molar-refractivity contribution in [2.45, 2.75) is 19.1 Å². The van der Waals surface area contributed by atoms with Gasteiger partial charge in [-0.3, -0.25) is 4.90 Å². The van der Waals surface area contributed by atoms with Gasteiger partial charge < -0.3 is 9.84 Å². The molecule has 1 fully saturated rings. The molecule has 19 heavy (non-hydrogen) atoms. The van der Waals surface area contributed by atoms with Crippen LogP contribution in [0.1, 0.15) is 12.5 Å². The van der Waals surface area contributed by atoms with Gasteiger partial charge in [-0.05, 0) is 25.1 Å². The minimum atomic E-state index is -0.974. The zero-order valence-corrected chi connectivity index (χ0v) is 12.1. The highest BCUT2D eigenvalue weighted by atomic mass is 79.9. The second-order valence-corrected chi connectivity index (χ2v) is 5.93. The highest BCUT2D eigenvalue weighted by Crippen LogP contribution is 2.27. The van der Waals surface area contributed by atoms with Crippen molar-refractivity contribution >= 4 is 21.9 Å². The van der Waals surface area contributed by atoms with E-state index < -0.39 is 11.6 Å². The van der Waals surface area contributed by atoms with Gasteiger partial charge in [-0.15, -0.1) is 0 Å². The van der Waals surface area contributed by atoms with Gasteiger partial charge in [0.25, 0.3) is 0 Å². The summed E-state index contributed by atoms with van der Waals surface area (Å²) < 4.78 is 19.7. The Labute approximate surface area is 119 Å². The summed E-state index contributed by atoms with van der Waals surface area (Å²) in [6.45, 7) is 3.27. The number of benzene rings is 1. The largest absolute Gasteiger partial charge is 0.480 e. The van der Waals surface area contributed by atoms with Crippen molar-refractivity contribution in [1.82, 2.24) is 4.90 Å². The van der Waals surface area contributed by atoms with E-state index in [4.69, 9.17) is 9.84 Å². The topological polar surface area (TPSA) is 49.8 Å². The lowest BCUT2D eigenvalue weighted by molar-refractivity contribution is -0.165. The maximum atomic E-state index is 13.6. The van der Waals surface area contributed by atoms with Gasteiger partial charge in [0.05, 0.1) is 5.60 Å². The minimum Gasteiger partial charge on any atom is -0.480 e. The lowest BCUT2D eigenvalue weighted by Crippen LogP contribution is -2.61. The van der Waals surface area contributed by atoms with Crippen LogP contribution in [0.15, 0.2) is 22.7 Å². The fourth-order valence-electron chi connectivity index (χ4n) is 2.24. The number of nitrogens with zero attached hydrogens (tertiary/aromatic N) is 1. The number of carbonyl (C=O) groups is 1. The molecule has 0 amide bonds. The lowest BCUT2D eigenvalue weighted by atomic mass is 9.95. The van der Waals surface area contributed by atoms with Crippen molar-refractivity contribution in [3.8, 4) is 0 Å². The van der Waals surface area contributed by atoms with Crippen LogP contribution < -0.4 is 0 Å². The number of ether oxygens (including phenoxy) is 1. The van der Waals surface area contributed by atoms with E-state index in [1.807, 2.05) is 11.8 Å². The summed E-state index contributed by atoms with van der Waals surface area (Å²) in [5, 5.41) is 8.57. The van der Waals surface area contributed by atoms with Gasteiger partial charge in [-0.25, -0.2) is 9.18 Å². The number of carboxylic acid groups (broad SMARTS) is 1. The van der Waals surface area contributed by atoms with E-state index >= 15 is 0 Å². The van der Waals surface area contributed by atoms with Crippen LogP contribution in [0.3, 0.4) is 0 Å². The summed E-state index contributed by atoms with van der Waals surface area (Å²) in [6.07, 6.45) is 0. The molecule has 0 spiro atoms. The average molecular weight is 332 g/mol. The molecule has 1 saturated heterocycles. The maximum Gasteiger partial charge on any atom is 0.329 e. The molecule has 0 bridgehead atoms. The van der Waals surface area contributed by atoms with Crippen LogP contribution in [-0.4, -0.2) is 41.3 Å². The van der Waals surface area contributed by atoms with Crippen LogP contribution in [0, 0.1) is 5.82 Å². The predicted molar refractivity (Wildman–Crippen MR) is 71.4 cm³/mol. The van der Waals surface area contributed by atoms with E-state index in [0.29, 0.717) is 25.2 Å². The molecule has 2 rings (SSSR count). The van der Waals surface area contributed by atoms with Gasteiger partial charge in [-0.1, -0.05) is 15.9 Å². The molecule has 0 unspecified atom stereocenters. The SMILES string of the molecule is CC1(OCC(=O)O)CN(Cc2cc(Br)ccc2F)C1. The quantitative estimate of drug-likeness (QED) is 0.899. The van der Waals surface area contributed by atoms with Crippen molar-refractivity contribution in [2.24, 2.45) is 0 Å². The second-order valence-electron chi connectivity index (χ2n) is 5.01. The molecule has 1 heterocycles. The summed E-state index contributed by atoms with van der Waals surface area (Å²) in [5.41, 5.74) is 0.176. The molecule has 6 heteroatoms. The Morgan fingerprint density at radius 2 is 2.26 bits per heavy atom. The molecule has 0 aliphatic carbocycles. The third-order valence-corrected chi connectivity index (χ3v) is 3.56. The van der Waals surface area contributed by atoms with Crippen LogP contribution >= 0.6 is 15.9 Å². The first-order valence-corrected chi connectivity index (χ1v) is 6.69. The molecule has 104 valence electrons. The maximum absolute atomic E-state index is 13.6. The standard InChI is InChI=1S/C13H15BrFNO3/c1-13(19-6-12(17)18)7-16(8-13)5-9-4-10(14)2-3-11(9)15/h2-4H,5-8H2,1H3,(H,17,18). The van der Waals surface area contributed by atoms with Gasteiger partial charge in [0.2, 0.25) is 0 Å². The number of halogens is 2. The number of carboxylic acids is 1. The third-order valence-electron chi connectivity index (χ3n) is 3.06. The van der Waals surface area contributed by atoms with Crippen LogP contribution in [0.2, 0.25) is 0 Å². The molecule has 1 N–H and O–H groups in total. The van der Waals surface area contributed by atoms with E-state index in [1.54, 1.807) is 12.1 Å². The first kappa shape index (κ1) is 14.4. The summed E-state index contributed by atoms with van der Waals surface area (Å²) in [5.74, 6) is -1.21. The Kier molecular flexibility index (Phi) is 4.23. The molecule has 0 saturated carbocycles. The molecular weight excluding hydrogens is 317 g/mol. The normalized spacial score (nSPS) is 18.1. The van der Waals surface area contributed by atoms with Crippen molar-refractivity contribution in [3.05, 3.63) is 34.1 Å². The van der Waals surface area contributed by atoms with Crippen molar-refractivity contribution in [3.63, 3.8) is 0 Å². The molecule has 4 nitrogen and oxygen atoms in total. The molecule has 0 aromatic heterocycles.